The topological polar surface area (TPSA) is 86.0 Å². The summed E-state index contributed by atoms with van der Waals surface area (Å²) in [4.78, 5) is 16.7. The number of carboxylic acid groups (broad SMARTS) is 1. The number of nitrogens with zero attached hydrogens (tertiary/aromatic N) is 2. The van der Waals surface area contributed by atoms with Gasteiger partial charge in [-0.15, -0.1) is 11.3 Å². The van der Waals surface area contributed by atoms with Gasteiger partial charge in [0.2, 0.25) is 0 Å². The number of hydrogen-bond donors (Lipinski definition) is 2. The van der Waals surface area contributed by atoms with E-state index < -0.39 is 5.97 Å². The predicted octanol–water partition coefficient (Wildman–Crippen LogP) is 6.15. The van der Waals surface area contributed by atoms with E-state index in [1.165, 1.54) is 6.07 Å². The summed E-state index contributed by atoms with van der Waals surface area (Å²) in [7, 11) is 0. The van der Waals surface area contributed by atoms with Crippen LogP contribution in [0, 0.1) is 23.4 Å². The summed E-state index contributed by atoms with van der Waals surface area (Å²) in [6.45, 7) is 3.88. The molecular weight excluding hydrogens is 413 g/mol. The number of aryl methyl sites for hydroxylation is 1. The van der Waals surface area contributed by atoms with Gasteiger partial charge in [-0.1, -0.05) is 18.2 Å². The van der Waals surface area contributed by atoms with Crippen molar-refractivity contribution >= 4 is 33.9 Å². The maximum atomic E-state index is 13.6. The first-order chi connectivity index (χ1) is 14.9. The zero-order valence-electron chi connectivity index (χ0n) is 16.8. The molecule has 154 valence electrons. The van der Waals surface area contributed by atoms with Crippen molar-refractivity contribution < 1.29 is 14.3 Å². The zero-order valence-corrected chi connectivity index (χ0v) is 17.6. The van der Waals surface area contributed by atoms with Crippen LogP contribution in [0.4, 0.5) is 10.1 Å². The maximum absolute atomic E-state index is 13.6. The van der Waals surface area contributed by atoms with E-state index in [2.05, 4.69) is 16.4 Å². The molecule has 4 rings (SSSR count). The highest BCUT2D eigenvalue weighted by Crippen LogP contribution is 2.35. The smallest absolute Gasteiger partial charge is 0.337 e. The molecule has 0 aliphatic rings. The lowest BCUT2D eigenvalue weighted by molar-refractivity contribution is 0.0698. The Morgan fingerprint density at radius 3 is 2.68 bits per heavy atom. The molecule has 0 amide bonds. The van der Waals surface area contributed by atoms with Gasteiger partial charge in [-0.2, -0.15) is 9.65 Å². The molecule has 1 unspecified atom stereocenters. The summed E-state index contributed by atoms with van der Waals surface area (Å²) >= 11 is 0.965. The predicted molar refractivity (Wildman–Crippen MR) is 120 cm³/mol. The third-order valence-corrected chi connectivity index (χ3v) is 5.96. The van der Waals surface area contributed by atoms with Gasteiger partial charge in [0.1, 0.15) is 11.8 Å². The molecule has 2 N–H and O–H groups in total. The van der Waals surface area contributed by atoms with Gasteiger partial charge < -0.3 is 10.4 Å². The van der Waals surface area contributed by atoms with Gasteiger partial charge in [0, 0.05) is 27.6 Å². The molecule has 1 atom stereocenters. The highest BCUT2D eigenvalue weighted by atomic mass is 32.1. The van der Waals surface area contributed by atoms with Gasteiger partial charge in [-0.05, 0) is 61.4 Å². The summed E-state index contributed by atoms with van der Waals surface area (Å²) in [5.74, 6) is -1.01. The van der Waals surface area contributed by atoms with Crippen molar-refractivity contribution in [1.29, 1.82) is 5.26 Å². The standard InChI is InChI=1S/C24H18FN3O2S/c1-13-9-16(14(2)27-19-6-4-3-5-15(19)24(29)30)17-11-18(22-7-8-23(25)31-22)21(12-26)28-20(17)10-13/h3-11,14,27H,1-2H3,(H,29,30). The molecular formula is C24H18FN3O2S. The molecule has 0 bridgehead atoms. The van der Waals surface area contributed by atoms with Crippen molar-refractivity contribution in [2.45, 2.75) is 19.9 Å². The second-order valence-corrected chi connectivity index (χ2v) is 8.27. The highest BCUT2D eigenvalue weighted by Gasteiger charge is 2.18. The van der Waals surface area contributed by atoms with Crippen molar-refractivity contribution in [2.75, 3.05) is 5.32 Å². The molecule has 2 aromatic carbocycles. The van der Waals surface area contributed by atoms with E-state index in [0.29, 0.717) is 21.6 Å². The van der Waals surface area contributed by atoms with E-state index >= 15 is 0 Å². The number of carbonyl (C=O) groups is 1. The monoisotopic (exact) mass is 431 g/mol. The van der Waals surface area contributed by atoms with Crippen LogP contribution < -0.4 is 5.32 Å². The Morgan fingerprint density at radius 1 is 1.23 bits per heavy atom. The van der Waals surface area contributed by atoms with Crippen LogP contribution in [0.3, 0.4) is 0 Å². The fraction of sp³-hybridized carbons (Fsp3) is 0.125. The fourth-order valence-electron chi connectivity index (χ4n) is 3.65. The van der Waals surface area contributed by atoms with Crippen molar-refractivity contribution in [3.05, 3.63) is 82.1 Å². The average Bonchev–Trinajstić information content (AvgIpc) is 3.18. The molecule has 0 fully saturated rings. The summed E-state index contributed by atoms with van der Waals surface area (Å²) in [5.41, 5.74) is 4.05. The van der Waals surface area contributed by atoms with Crippen molar-refractivity contribution in [3.8, 4) is 16.5 Å². The van der Waals surface area contributed by atoms with Gasteiger partial charge in [0.15, 0.2) is 5.13 Å². The Morgan fingerprint density at radius 2 is 2.00 bits per heavy atom. The summed E-state index contributed by atoms with van der Waals surface area (Å²) < 4.78 is 13.6. The number of benzene rings is 2. The van der Waals surface area contributed by atoms with Crippen LogP contribution in [0.1, 0.15) is 40.1 Å². The summed E-state index contributed by atoms with van der Waals surface area (Å²) in [6, 6.07) is 17.4. The molecule has 0 saturated heterocycles. The number of rotatable bonds is 5. The third kappa shape index (κ3) is 3.98. The van der Waals surface area contributed by atoms with Gasteiger partial charge in [0.05, 0.1) is 11.1 Å². The summed E-state index contributed by atoms with van der Waals surface area (Å²) in [6.07, 6.45) is 0. The Kier molecular flexibility index (Phi) is 5.40. The first kappa shape index (κ1) is 20.5. The Hall–Kier alpha value is -3.76. The number of aromatic nitrogens is 1. The number of fused-ring (bicyclic) bond motifs is 1. The zero-order chi connectivity index (χ0) is 22.1. The largest absolute Gasteiger partial charge is 0.478 e. The van der Waals surface area contributed by atoms with Crippen LogP contribution in [0.15, 0.2) is 54.6 Å². The molecule has 4 aromatic rings. The van der Waals surface area contributed by atoms with E-state index in [4.69, 9.17) is 0 Å². The number of halogens is 1. The second-order valence-electron chi connectivity index (χ2n) is 7.24. The molecule has 0 spiro atoms. The molecule has 31 heavy (non-hydrogen) atoms. The van der Waals surface area contributed by atoms with Gasteiger partial charge in [-0.3, -0.25) is 0 Å². The quantitative estimate of drug-likeness (QED) is 0.396. The number of anilines is 1. The van der Waals surface area contributed by atoms with Gasteiger partial charge >= 0.3 is 5.97 Å². The van der Waals surface area contributed by atoms with E-state index in [9.17, 15) is 19.6 Å². The minimum atomic E-state index is -1.01. The van der Waals surface area contributed by atoms with Crippen molar-refractivity contribution in [2.24, 2.45) is 0 Å². The number of pyridine rings is 1. The molecule has 5 nitrogen and oxygen atoms in total. The Bertz CT molecular complexity index is 1360. The van der Waals surface area contributed by atoms with Crippen molar-refractivity contribution in [3.63, 3.8) is 0 Å². The van der Waals surface area contributed by atoms with Crippen LogP contribution in [0.2, 0.25) is 0 Å². The number of nitriles is 1. The normalized spacial score (nSPS) is 11.8. The number of carboxylic acids is 1. The molecule has 0 aliphatic carbocycles. The molecule has 7 heteroatoms. The van der Waals surface area contributed by atoms with Crippen molar-refractivity contribution in [1.82, 2.24) is 4.98 Å². The number of para-hydroxylation sites is 1. The highest BCUT2D eigenvalue weighted by molar-refractivity contribution is 7.13. The first-order valence-corrected chi connectivity index (χ1v) is 10.4. The van der Waals surface area contributed by atoms with Crippen LogP contribution in [0.25, 0.3) is 21.3 Å². The van der Waals surface area contributed by atoms with E-state index in [-0.39, 0.29) is 22.4 Å². The van der Waals surface area contributed by atoms with E-state index in [1.807, 2.05) is 32.0 Å². The molecule has 0 saturated carbocycles. The maximum Gasteiger partial charge on any atom is 0.337 e. The number of thiophene rings is 1. The van der Waals surface area contributed by atoms with E-state index in [1.54, 1.807) is 30.3 Å². The second kappa shape index (κ2) is 8.17. The lowest BCUT2D eigenvalue weighted by Crippen LogP contribution is -2.11. The minimum absolute atomic E-state index is 0.186. The number of aromatic carboxylic acids is 1. The summed E-state index contributed by atoms with van der Waals surface area (Å²) in [5, 5.41) is 22.9. The molecule has 0 radical (unpaired) electrons. The molecule has 2 heterocycles. The molecule has 2 aromatic heterocycles. The lowest BCUT2D eigenvalue weighted by atomic mass is 9.97. The van der Waals surface area contributed by atoms with Crippen LogP contribution in [-0.2, 0) is 0 Å². The van der Waals surface area contributed by atoms with Crippen LogP contribution in [0.5, 0.6) is 0 Å². The van der Waals surface area contributed by atoms with Crippen LogP contribution in [-0.4, -0.2) is 16.1 Å². The Balaban J connectivity index is 1.86. The van der Waals surface area contributed by atoms with Gasteiger partial charge in [-0.25, -0.2) is 9.78 Å². The first-order valence-electron chi connectivity index (χ1n) is 9.57. The third-order valence-electron chi connectivity index (χ3n) is 5.05. The van der Waals surface area contributed by atoms with E-state index in [0.717, 1.165) is 27.8 Å². The number of hydrogen-bond acceptors (Lipinski definition) is 5. The number of nitrogens with one attached hydrogen (secondary N) is 1. The minimum Gasteiger partial charge on any atom is -0.478 e. The SMILES string of the molecule is Cc1cc(C(C)Nc2ccccc2C(=O)O)c2cc(-c3ccc(F)s3)c(C#N)nc2c1. The molecule has 0 aliphatic heterocycles. The fourth-order valence-corrected chi connectivity index (χ4v) is 4.39. The van der Waals surface area contributed by atoms with Crippen LogP contribution >= 0.6 is 11.3 Å². The van der Waals surface area contributed by atoms with Gasteiger partial charge in [0.25, 0.3) is 0 Å². The Labute approximate surface area is 182 Å². The average molecular weight is 431 g/mol. The lowest BCUT2D eigenvalue weighted by Gasteiger charge is -2.20.